The highest BCUT2D eigenvalue weighted by Crippen LogP contribution is 2.24. The lowest BCUT2D eigenvalue weighted by Crippen LogP contribution is -2.34. The first-order valence-corrected chi connectivity index (χ1v) is 5.11. The van der Waals surface area contributed by atoms with Crippen molar-refractivity contribution in [2.75, 3.05) is 11.9 Å². The second-order valence-electron chi connectivity index (χ2n) is 4.72. The van der Waals surface area contributed by atoms with Crippen LogP contribution in [0.3, 0.4) is 0 Å². The van der Waals surface area contributed by atoms with E-state index in [9.17, 15) is 0 Å². The van der Waals surface area contributed by atoms with Gasteiger partial charge in [-0.05, 0) is 18.8 Å². The van der Waals surface area contributed by atoms with Gasteiger partial charge < -0.3 is 14.9 Å². The Morgan fingerprint density at radius 2 is 2.13 bits per heavy atom. The Kier molecular flexibility index (Phi) is 3.68. The zero-order valence-corrected chi connectivity index (χ0v) is 9.74. The van der Waals surface area contributed by atoms with Crippen LogP contribution >= 0.6 is 0 Å². The average molecular weight is 213 g/mol. The number of aryl methyl sites for hydroxylation is 1. The van der Waals surface area contributed by atoms with Crippen LogP contribution in [0, 0.1) is 12.3 Å². The van der Waals surface area contributed by atoms with E-state index in [1.807, 2.05) is 0 Å². The van der Waals surface area contributed by atoms with Crippen molar-refractivity contribution in [1.82, 2.24) is 10.1 Å². The maximum atomic E-state index is 8.98. The van der Waals surface area contributed by atoms with Crippen LogP contribution < -0.4 is 5.32 Å². The minimum absolute atomic E-state index is 0.0328. The Morgan fingerprint density at radius 3 is 2.53 bits per heavy atom. The van der Waals surface area contributed by atoms with Crippen molar-refractivity contribution in [3.63, 3.8) is 0 Å². The molecule has 0 aliphatic carbocycles. The fourth-order valence-corrected chi connectivity index (χ4v) is 1.36. The predicted octanol–water partition coefficient (Wildman–Crippen LogP) is 1.59. The van der Waals surface area contributed by atoms with Gasteiger partial charge in [-0.15, -0.1) is 0 Å². The Bertz CT molecular complexity index is 304. The van der Waals surface area contributed by atoms with Gasteiger partial charge in [-0.3, -0.25) is 0 Å². The van der Waals surface area contributed by atoms with Gasteiger partial charge in [0.15, 0.2) is 5.82 Å². The molecule has 1 aromatic heterocycles. The molecule has 0 radical (unpaired) electrons. The zero-order chi connectivity index (χ0) is 11.5. The summed E-state index contributed by atoms with van der Waals surface area (Å²) in [7, 11) is 0. The molecule has 5 heteroatoms. The highest BCUT2D eigenvalue weighted by atomic mass is 16.5. The molecule has 1 atom stereocenters. The first-order valence-electron chi connectivity index (χ1n) is 5.11. The van der Waals surface area contributed by atoms with E-state index in [1.54, 1.807) is 6.92 Å². The zero-order valence-electron chi connectivity index (χ0n) is 9.74. The van der Waals surface area contributed by atoms with E-state index < -0.39 is 0 Å². The molecule has 0 spiro atoms. The van der Waals surface area contributed by atoms with Crippen molar-refractivity contribution >= 4 is 6.01 Å². The Morgan fingerprint density at radius 1 is 1.47 bits per heavy atom. The van der Waals surface area contributed by atoms with Crippen LogP contribution in [0.1, 0.15) is 33.0 Å². The van der Waals surface area contributed by atoms with Gasteiger partial charge in [0, 0.05) is 12.6 Å². The van der Waals surface area contributed by atoms with Crippen LogP contribution in [0.4, 0.5) is 6.01 Å². The molecule has 15 heavy (non-hydrogen) atoms. The summed E-state index contributed by atoms with van der Waals surface area (Å²) < 4.78 is 4.98. The topological polar surface area (TPSA) is 71.2 Å². The molecule has 0 aliphatic rings. The first-order chi connectivity index (χ1) is 6.93. The van der Waals surface area contributed by atoms with E-state index >= 15 is 0 Å². The molecule has 1 rings (SSSR count). The molecule has 5 nitrogen and oxygen atoms in total. The van der Waals surface area contributed by atoms with E-state index in [4.69, 9.17) is 9.63 Å². The Labute approximate surface area is 89.9 Å². The fourth-order valence-electron chi connectivity index (χ4n) is 1.36. The number of nitrogens with zero attached hydrogens (tertiary/aromatic N) is 2. The standard InChI is InChI=1S/C10H19N3O2/c1-7-11-9(15-13-7)12-8(5-6-14)10(2,3)4/h8,14H,5-6H2,1-4H3,(H,11,12,13). The third kappa shape index (κ3) is 3.51. The molecule has 2 N–H and O–H groups in total. The van der Waals surface area contributed by atoms with Crippen molar-refractivity contribution < 1.29 is 9.63 Å². The highest BCUT2D eigenvalue weighted by molar-refractivity contribution is 5.21. The molecular weight excluding hydrogens is 194 g/mol. The maximum absolute atomic E-state index is 8.98. The predicted molar refractivity (Wildman–Crippen MR) is 57.6 cm³/mol. The number of anilines is 1. The number of aliphatic hydroxyl groups excluding tert-OH is 1. The summed E-state index contributed by atoms with van der Waals surface area (Å²) in [5.41, 5.74) is 0.0328. The minimum Gasteiger partial charge on any atom is -0.396 e. The number of rotatable bonds is 4. The van der Waals surface area contributed by atoms with Gasteiger partial charge in [-0.1, -0.05) is 25.9 Å². The van der Waals surface area contributed by atoms with E-state index in [2.05, 4.69) is 36.2 Å². The van der Waals surface area contributed by atoms with Crippen LogP contribution in [0.15, 0.2) is 4.52 Å². The third-order valence-electron chi connectivity index (χ3n) is 2.29. The molecule has 1 heterocycles. The van der Waals surface area contributed by atoms with Gasteiger partial charge in [0.2, 0.25) is 0 Å². The van der Waals surface area contributed by atoms with Gasteiger partial charge in [-0.25, -0.2) is 0 Å². The summed E-state index contributed by atoms with van der Waals surface area (Å²) in [6.07, 6.45) is 0.658. The molecule has 1 aromatic rings. The van der Waals surface area contributed by atoms with Gasteiger partial charge >= 0.3 is 6.01 Å². The largest absolute Gasteiger partial charge is 0.396 e. The van der Waals surface area contributed by atoms with E-state index in [-0.39, 0.29) is 18.1 Å². The fraction of sp³-hybridized carbons (Fsp3) is 0.800. The summed E-state index contributed by atoms with van der Waals surface area (Å²) in [5.74, 6) is 0.606. The smallest absolute Gasteiger partial charge is 0.321 e. The molecule has 86 valence electrons. The molecule has 0 saturated heterocycles. The minimum atomic E-state index is 0.0328. The molecule has 0 fully saturated rings. The van der Waals surface area contributed by atoms with E-state index in [1.165, 1.54) is 0 Å². The van der Waals surface area contributed by atoms with Gasteiger partial charge in [0.05, 0.1) is 0 Å². The molecule has 0 saturated carbocycles. The summed E-state index contributed by atoms with van der Waals surface area (Å²) >= 11 is 0. The molecular formula is C10H19N3O2. The third-order valence-corrected chi connectivity index (χ3v) is 2.29. The van der Waals surface area contributed by atoms with Crippen molar-refractivity contribution in [2.24, 2.45) is 5.41 Å². The molecule has 1 unspecified atom stereocenters. The number of hydrogen-bond acceptors (Lipinski definition) is 5. The van der Waals surface area contributed by atoms with Gasteiger partial charge in [-0.2, -0.15) is 4.98 Å². The highest BCUT2D eigenvalue weighted by Gasteiger charge is 2.25. The Hall–Kier alpha value is -1.10. The van der Waals surface area contributed by atoms with Crippen LogP contribution in [-0.4, -0.2) is 27.9 Å². The quantitative estimate of drug-likeness (QED) is 0.794. The maximum Gasteiger partial charge on any atom is 0.321 e. The van der Waals surface area contributed by atoms with Gasteiger partial charge in [0.25, 0.3) is 0 Å². The second kappa shape index (κ2) is 4.61. The SMILES string of the molecule is Cc1noc(NC(CCO)C(C)(C)C)n1. The van der Waals surface area contributed by atoms with Gasteiger partial charge in [0.1, 0.15) is 0 Å². The average Bonchev–Trinajstić information content (AvgIpc) is 2.49. The van der Waals surface area contributed by atoms with Crippen molar-refractivity contribution in [1.29, 1.82) is 0 Å². The lowest BCUT2D eigenvalue weighted by atomic mass is 9.85. The molecule has 0 bridgehead atoms. The summed E-state index contributed by atoms with van der Waals surface area (Å²) in [6, 6.07) is 0.531. The van der Waals surface area contributed by atoms with Crippen molar-refractivity contribution in [3.05, 3.63) is 5.82 Å². The monoisotopic (exact) mass is 213 g/mol. The summed E-state index contributed by atoms with van der Waals surface area (Å²) in [5, 5.41) is 15.8. The number of aliphatic hydroxyl groups is 1. The first kappa shape index (κ1) is 12.0. The van der Waals surface area contributed by atoms with Crippen LogP contribution in [0.2, 0.25) is 0 Å². The summed E-state index contributed by atoms with van der Waals surface area (Å²) in [4.78, 5) is 4.08. The van der Waals surface area contributed by atoms with E-state index in [0.717, 1.165) is 0 Å². The lowest BCUT2D eigenvalue weighted by molar-refractivity contribution is 0.232. The van der Waals surface area contributed by atoms with Crippen LogP contribution in [0.5, 0.6) is 0 Å². The molecule has 0 aromatic carbocycles. The molecule has 0 amide bonds. The normalized spacial score (nSPS) is 13.9. The van der Waals surface area contributed by atoms with Crippen LogP contribution in [0.25, 0.3) is 0 Å². The van der Waals surface area contributed by atoms with E-state index in [0.29, 0.717) is 18.3 Å². The number of hydrogen-bond donors (Lipinski definition) is 2. The Balaban J connectivity index is 2.66. The second-order valence-corrected chi connectivity index (χ2v) is 4.72. The summed E-state index contributed by atoms with van der Waals surface area (Å²) in [6.45, 7) is 8.21. The molecule has 0 aliphatic heterocycles. The van der Waals surface area contributed by atoms with Crippen LogP contribution in [-0.2, 0) is 0 Å². The van der Waals surface area contributed by atoms with Crippen molar-refractivity contribution in [2.45, 2.75) is 40.2 Å². The lowest BCUT2D eigenvalue weighted by Gasteiger charge is -2.30. The number of nitrogens with one attached hydrogen (secondary N) is 1. The van der Waals surface area contributed by atoms with Crippen molar-refractivity contribution in [3.8, 4) is 0 Å². The number of aromatic nitrogens is 2.